The fourth-order valence-corrected chi connectivity index (χ4v) is 2.95. The van der Waals surface area contributed by atoms with Crippen molar-refractivity contribution in [1.82, 2.24) is 9.97 Å². The molecule has 0 amide bonds. The zero-order valence-electron chi connectivity index (χ0n) is 10.3. The van der Waals surface area contributed by atoms with E-state index in [1.165, 1.54) is 15.6 Å². The van der Waals surface area contributed by atoms with Crippen LogP contribution in [0.2, 0.25) is 0 Å². The van der Waals surface area contributed by atoms with Crippen molar-refractivity contribution in [3.63, 3.8) is 0 Å². The molecule has 0 unspecified atom stereocenters. The zero-order chi connectivity index (χ0) is 12.5. The summed E-state index contributed by atoms with van der Waals surface area (Å²) in [6.07, 6.45) is 0. The van der Waals surface area contributed by atoms with Crippen LogP contribution < -0.4 is 5.32 Å². The molecule has 0 fully saturated rings. The number of nitrogens with zero attached hydrogens (tertiary/aromatic N) is 2. The molecule has 0 saturated carbocycles. The number of nitrogens with one attached hydrogen (secondary N) is 1. The molecule has 3 nitrogen and oxygen atoms in total. The van der Waals surface area contributed by atoms with E-state index in [0.29, 0.717) is 5.95 Å². The van der Waals surface area contributed by atoms with Crippen molar-refractivity contribution < 1.29 is 0 Å². The Morgan fingerprint density at radius 2 is 2.00 bits per heavy atom. The van der Waals surface area contributed by atoms with E-state index in [4.69, 9.17) is 0 Å². The summed E-state index contributed by atoms with van der Waals surface area (Å²) in [5.74, 6) is 0.667. The number of anilines is 1. The molecule has 90 valence electrons. The fraction of sp³-hybridized carbons (Fsp3) is 0.143. The molecule has 0 spiro atoms. The molecule has 0 aliphatic heterocycles. The van der Waals surface area contributed by atoms with Crippen LogP contribution in [0.1, 0.15) is 5.69 Å². The van der Waals surface area contributed by atoms with Gasteiger partial charge in [-0.1, -0.05) is 18.2 Å². The second-order valence-corrected chi connectivity index (χ2v) is 5.02. The molecule has 0 atom stereocenters. The molecule has 0 aliphatic rings. The third-order valence-corrected chi connectivity index (χ3v) is 3.80. The molecule has 4 heteroatoms. The smallest absolute Gasteiger partial charge is 0.223 e. The number of benzene rings is 1. The molecule has 3 rings (SSSR count). The third kappa shape index (κ3) is 1.84. The quantitative estimate of drug-likeness (QED) is 0.758. The van der Waals surface area contributed by atoms with Gasteiger partial charge >= 0.3 is 0 Å². The Balaban J connectivity index is 2.22. The van der Waals surface area contributed by atoms with E-state index in [2.05, 4.69) is 44.9 Å². The number of rotatable bonds is 2. The number of fused-ring (bicyclic) bond motifs is 1. The normalized spacial score (nSPS) is 10.8. The van der Waals surface area contributed by atoms with Crippen LogP contribution in [-0.2, 0) is 0 Å². The molecule has 18 heavy (non-hydrogen) atoms. The van der Waals surface area contributed by atoms with Crippen LogP contribution >= 0.6 is 11.3 Å². The van der Waals surface area contributed by atoms with E-state index in [0.717, 1.165) is 11.4 Å². The van der Waals surface area contributed by atoms with Gasteiger partial charge in [-0.15, -0.1) is 11.3 Å². The molecule has 3 aromatic rings. The van der Waals surface area contributed by atoms with Gasteiger partial charge in [-0.3, -0.25) is 0 Å². The summed E-state index contributed by atoms with van der Waals surface area (Å²) in [6.45, 7) is 1.99. The predicted molar refractivity (Wildman–Crippen MR) is 77.1 cm³/mol. The van der Waals surface area contributed by atoms with Crippen LogP contribution in [0.15, 0.2) is 35.7 Å². The lowest BCUT2D eigenvalue weighted by Crippen LogP contribution is -1.98. The second-order valence-electron chi connectivity index (χ2n) is 4.11. The van der Waals surface area contributed by atoms with Gasteiger partial charge in [0.15, 0.2) is 0 Å². The van der Waals surface area contributed by atoms with Crippen LogP contribution in [0.25, 0.3) is 21.3 Å². The van der Waals surface area contributed by atoms with Crippen LogP contribution in [0.3, 0.4) is 0 Å². The van der Waals surface area contributed by atoms with E-state index in [1.54, 1.807) is 11.3 Å². The summed E-state index contributed by atoms with van der Waals surface area (Å²) in [4.78, 5) is 8.85. The number of hydrogen-bond acceptors (Lipinski definition) is 4. The number of thiophene rings is 1. The van der Waals surface area contributed by atoms with Crippen LogP contribution in [0, 0.1) is 6.92 Å². The van der Waals surface area contributed by atoms with Gasteiger partial charge in [-0.05, 0) is 19.1 Å². The molecule has 2 heterocycles. The maximum atomic E-state index is 4.53. The third-order valence-electron chi connectivity index (χ3n) is 2.83. The molecule has 1 aromatic carbocycles. The van der Waals surface area contributed by atoms with Gasteiger partial charge in [0.25, 0.3) is 0 Å². The minimum Gasteiger partial charge on any atom is -0.357 e. The Labute approximate surface area is 110 Å². The standard InChI is InChI=1S/C14H13N3S/c1-9-7-12(17-14(15-2)16-9)11-8-18-13-6-4-3-5-10(11)13/h3-8H,1-2H3,(H,15,16,17). The van der Waals surface area contributed by atoms with Gasteiger partial charge in [0.2, 0.25) is 5.95 Å². The maximum absolute atomic E-state index is 4.53. The summed E-state index contributed by atoms with van der Waals surface area (Å²) in [7, 11) is 1.84. The number of aryl methyl sites for hydroxylation is 1. The molecule has 0 radical (unpaired) electrons. The average molecular weight is 255 g/mol. The monoisotopic (exact) mass is 255 g/mol. The van der Waals surface area contributed by atoms with Crippen molar-refractivity contribution in [2.75, 3.05) is 12.4 Å². The van der Waals surface area contributed by atoms with Gasteiger partial charge < -0.3 is 5.32 Å². The van der Waals surface area contributed by atoms with E-state index in [-0.39, 0.29) is 0 Å². The average Bonchev–Trinajstić information content (AvgIpc) is 2.81. The minimum absolute atomic E-state index is 0.667. The van der Waals surface area contributed by atoms with Crippen molar-refractivity contribution in [3.8, 4) is 11.3 Å². The SMILES string of the molecule is CNc1nc(C)cc(-c2csc3ccccc23)n1. The first-order valence-electron chi connectivity index (χ1n) is 5.78. The summed E-state index contributed by atoms with van der Waals surface area (Å²) in [6, 6.07) is 10.4. The zero-order valence-corrected chi connectivity index (χ0v) is 11.1. The minimum atomic E-state index is 0.667. The lowest BCUT2D eigenvalue weighted by atomic mass is 10.1. The Hall–Kier alpha value is -1.94. The van der Waals surface area contributed by atoms with Gasteiger partial charge in [0.1, 0.15) is 0 Å². The Bertz CT molecular complexity index is 703. The predicted octanol–water partition coefficient (Wildman–Crippen LogP) is 3.71. The van der Waals surface area contributed by atoms with Crippen molar-refractivity contribution in [1.29, 1.82) is 0 Å². The van der Waals surface area contributed by atoms with Crippen LogP contribution in [-0.4, -0.2) is 17.0 Å². The Morgan fingerprint density at radius 1 is 1.17 bits per heavy atom. The van der Waals surface area contributed by atoms with E-state index in [1.807, 2.05) is 20.0 Å². The largest absolute Gasteiger partial charge is 0.357 e. The van der Waals surface area contributed by atoms with Crippen molar-refractivity contribution >= 4 is 27.4 Å². The highest BCUT2D eigenvalue weighted by Gasteiger charge is 2.09. The molecular weight excluding hydrogens is 242 g/mol. The highest BCUT2D eigenvalue weighted by atomic mass is 32.1. The van der Waals surface area contributed by atoms with Crippen molar-refractivity contribution in [3.05, 3.63) is 41.4 Å². The molecule has 2 aromatic heterocycles. The molecule has 0 bridgehead atoms. The van der Waals surface area contributed by atoms with Gasteiger partial charge in [0, 0.05) is 33.8 Å². The summed E-state index contributed by atoms with van der Waals surface area (Å²) < 4.78 is 1.29. The first-order valence-corrected chi connectivity index (χ1v) is 6.66. The van der Waals surface area contributed by atoms with Crippen molar-refractivity contribution in [2.24, 2.45) is 0 Å². The molecule has 1 N–H and O–H groups in total. The first-order chi connectivity index (χ1) is 8.78. The van der Waals surface area contributed by atoms with E-state index >= 15 is 0 Å². The molecule has 0 aliphatic carbocycles. The molecule has 0 saturated heterocycles. The Kier molecular flexibility index (Phi) is 2.72. The van der Waals surface area contributed by atoms with E-state index in [9.17, 15) is 0 Å². The number of hydrogen-bond donors (Lipinski definition) is 1. The van der Waals surface area contributed by atoms with Gasteiger partial charge in [0.05, 0.1) is 5.69 Å². The van der Waals surface area contributed by atoms with Gasteiger partial charge in [-0.2, -0.15) is 0 Å². The highest BCUT2D eigenvalue weighted by molar-refractivity contribution is 7.17. The summed E-state index contributed by atoms with van der Waals surface area (Å²) >= 11 is 1.75. The highest BCUT2D eigenvalue weighted by Crippen LogP contribution is 2.33. The lowest BCUT2D eigenvalue weighted by molar-refractivity contribution is 1.10. The Morgan fingerprint density at radius 3 is 2.83 bits per heavy atom. The second kappa shape index (κ2) is 4.38. The summed E-state index contributed by atoms with van der Waals surface area (Å²) in [5.41, 5.74) is 3.13. The topological polar surface area (TPSA) is 37.8 Å². The summed E-state index contributed by atoms with van der Waals surface area (Å²) in [5, 5.41) is 6.41. The first kappa shape index (κ1) is 11.2. The molecular formula is C14H13N3S. The lowest BCUT2D eigenvalue weighted by Gasteiger charge is -2.04. The number of aromatic nitrogens is 2. The fourth-order valence-electron chi connectivity index (χ4n) is 1.99. The van der Waals surface area contributed by atoms with Crippen molar-refractivity contribution in [2.45, 2.75) is 6.92 Å². The van der Waals surface area contributed by atoms with Crippen LogP contribution in [0.5, 0.6) is 0 Å². The van der Waals surface area contributed by atoms with E-state index < -0.39 is 0 Å². The maximum Gasteiger partial charge on any atom is 0.223 e. The van der Waals surface area contributed by atoms with Crippen LogP contribution in [0.4, 0.5) is 5.95 Å². The van der Waals surface area contributed by atoms with Gasteiger partial charge in [-0.25, -0.2) is 9.97 Å².